The molecule has 3 aromatic carbocycles. The minimum atomic E-state index is -4.81. The van der Waals surface area contributed by atoms with Gasteiger partial charge in [0.05, 0.1) is 0 Å². The van der Waals surface area contributed by atoms with Crippen molar-refractivity contribution in [3.05, 3.63) is 77.9 Å². The van der Waals surface area contributed by atoms with Crippen LogP contribution in [0.1, 0.15) is 64.4 Å². The van der Waals surface area contributed by atoms with Gasteiger partial charge in [0.1, 0.15) is 17.3 Å². The molecule has 0 aliphatic heterocycles. The van der Waals surface area contributed by atoms with Gasteiger partial charge in [0.15, 0.2) is 11.6 Å². The van der Waals surface area contributed by atoms with Crippen molar-refractivity contribution in [3.63, 3.8) is 0 Å². The van der Waals surface area contributed by atoms with Gasteiger partial charge in [-0.25, -0.2) is 8.78 Å². The lowest BCUT2D eigenvalue weighted by atomic mass is 9.77. The summed E-state index contributed by atoms with van der Waals surface area (Å²) in [6.45, 7) is 2.20. The zero-order chi connectivity index (χ0) is 25.0. The van der Waals surface area contributed by atoms with Gasteiger partial charge in [0.25, 0.3) is 0 Å². The lowest BCUT2D eigenvalue weighted by Gasteiger charge is -2.28. The topological polar surface area (TPSA) is 18.5 Å². The van der Waals surface area contributed by atoms with Gasteiger partial charge in [0.2, 0.25) is 0 Å². The van der Waals surface area contributed by atoms with Crippen LogP contribution in [0, 0.1) is 17.6 Å². The zero-order valence-electron chi connectivity index (χ0n) is 19.4. The van der Waals surface area contributed by atoms with E-state index in [0.717, 1.165) is 49.3 Å². The molecule has 194 valence electrons. The molecule has 36 heavy (non-hydrogen) atoms. The van der Waals surface area contributed by atoms with E-state index in [9.17, 15) is 13.2 Å². The van der Waals surface area contributed by atoms with Crippen LogP contribution < -0.4 is 9.47 Å². The highest BCUT2D eigenvalue weighted by molar-refractivity contribution is 5.67. The second-order valence-corrected chi connectivity index (χ2v) is 8.98. The first-order valence-electron chi connectivity index (χ1n) is 11.9. The summed E-state index contributed by atoms with van der Waals surface area (Å²) in [7, 11) is 0. The summed E-state index contributed by atoms with van der Waals surface area (Å²) in [6, 6.07) is 14.0. The minimum absolute atomic E-state index is 0. The van der Waals surface area contributed by atoms with Crippen molar-refractivity contribution in [2.75, 3.05) is 0 Å². The Hall–Kier alpha value is -3.09. The number of rotatable bonds is 7. The smallest absolute Gasteiger partial charge is 0.454 e. The van der Waals surface area contributed by atoms with E-state index in [1.165, 1.54) is 49.2 Å². The second kappa shape index (κ2) is 11.8. The predicted octanol–water partition coefficient (Wildman–Crippen LogP) is 10.0. The molecule has 0 heterocycles. The van der Waals surface area contributed by atoms with Gasteiger partial charge in [-0.05, 0) is 79.5 Å². The minimum Gasteiger partial charge on any atom is -0.454 e. The van der Waals surface area contributed by atoms with Crippen LogP contribution in [0.4, 0.5) is 22.0 Å². The van der Waals surface area contributed by atoms with E-state index >= 15 is 8.78 Å². The van der Waals surface area contributed by atoms with Gasteiger partial charge >= 0.3 is 6.36 Å². The Morgan fingerprint density at radius 1 is 0.833 bits per heavy atom. The molecule has 0 atom stereocenters. The lowest BCUT2D eigenvalue weighted by Crippen LogP contribution is -2.16. The quantitative estimate of drug-likeness (QED) is 0.297. The molecule has 0 aromatic heterocycles. The highest BCUT2D eigenvalue weighted by atomic mass is 19.4. The van der Waals surface area contributed by atoms with Crippen LogP contribution in [0.2, 0.25) is 0 Å². The van der Waals surface area contributed by atoms with Crippen LogP contribution >= 0.6 is 0 Å². The van der Waals surface area contributed by atoms with E-state index in [0.29, 0.717) is 5.92 Å². The maximum absolute atomic E-state index is 15.2. The van der Waals surface area contributed by atoms with Crippen LogP contribution in [0.3, 0.4) is 0 Å². The third kappa shape index (κ3) is 6.77. The molecule has 0 bridgehead atoms. The summed E-state index contributed by atoms with van der Waals surface area (Å²) in [5.74, 6) is -0.645. The first-order chi connectivity index (χ1) is 16.7. The van der Waals surface area contributed by atoms with Crippen LogP contribution in [-0.4, -0.2) is 6.36 Å². The molecule has 1 aliphatic carbocycles. The number of halogens is 5. The molecule has 0 radical (unpaired) electrons. The fourth-order valence-corrected chi connectivity index (χ4v) is 4.83. The molecular weight excluding hydrogens is 475 g/mol. The fraction of sp³-hybridized carbons (Fsp3) is 0.379. The molecule has 4 rings (SSSR count). The largest absolute Gasteiger partial charge is 0.573 e. The Morgan fingerprint density at radius 3 is 2.11 bits per heavy atom. The zero-order valence-corrected chi connectivity index (χ0v) is 19.4. The maximum atomic E-state index is 15.2. The number of alkyl halides is 3. The average molecular weight is 507 g/mol. The van der Waals surface area contributed by atoms with Crippen molar-refractivity contribution in [1.82, 2.24) is 0 Å². The molecule has 0 N–H and O–H groups in total. The van der Waals surface area contributed by atoms with E-state index in [1.807, 2.05) is 6.07 Å². The summed E-state index contributed by atoms with van der Waals surface area (Å²) >= 11 is 0. The Kier molecular flexibility index (Phi) is 8.98. The monoisotopic (exact) mass is 506 g/mol. The third-order valence-corrected chi connectivity index (χ3v) is 6.55. The van der Waals surface area contributed by atoms with Crippen molar-refractivity contribution < 1.29 is 31.4 Å². The molecule has 0 spiro atoms. The summed E-state index contributed by atoms with van der Waals surface area (Å²) in [4.78, 5) is 0. The average Bonchev–Trinajstić information content (AvgIpc) is 2.82. The van der Waals surface area contributed by atoms with Crippen molar-refractivity contribution >= 4 is 0 Å². The standard InChI is InChI=1S/C28H27F5O2.CH4/c1-2-4-18-7-9-19(10-8-18)20-11-16-23(25(29)17-20)24-5-3-6-26(27(24)30)34-21-12-14-22(15-13-21)35-28(31,32)33;/h3,5-6,11-19H,2,4,7-10H2,1H3;1H4. The number of benzene rings is 3. The SMILES string of the molecule is C.CCCC1CCC(c2ccc(-c3cccc(Oc4ccc(OC(F)(F)F)cc4)c3F)c(F)c2)CC1. The highest BCUT2D eigenvalue weighted by Gasteiger charge is 2.31. The van der Waals surface area contributed by atoms with E-state index in [2.05, 4.69) is 11.7 Å². The molecule has 0 amide bonds. The summed E-state index contributed by atoms with van der Waals surface area (Å²) in [5.41, 5.74) is 1.12. The number of ether oxygens (including phenoxy) is 2. The van der Waals surface area contributed by atoms with Crippen molar-refractivity contribution in [2.24, 2.45) is 5.92 Å². The first kappa shape index (κ1) is 27.5. The van der Waals surface area contributed by atoms with Crippen molar-refractivity contribution in [1.29, 1.82) is 0 Å². The number of hydrogen-bond donors (Lipinski definition) is 0. The van der Waals surface area contributed by atoms with Crippen LogP contribution in [-0.2, 0) is 0 Å². The van der Waals surface area contributed by atoms with Crippen LogP contribution in [0.15, 0.2) is 60.7 Å². The number of hydrogen-bond acceptors (Lipinski definition) is 2. The molecule has 0 saturated heterocycles. The Labute approximate surface area is 209 Å². The van der Waals surface area contributed by atoms with Gasteiger partial charge in [0, 0.05) is 11.1 Å². The molecule has 2 nitrogen and oxygen atoms in total. The molecule has 7 heteroatoms. The lowest BCUT2D eigenvalue weighted by molar-refractivity contribution is -0.274. The van der Waals surface area contributed by atoms with Crippen molar-refractivity contribution in [2.45, 2.75) is 65.2 Å². The molecule has 1 fully saturated rings. The maximum Gasteiger partial charge on any atom is 0.573 e. The van der Waals surface area contributed by atoms with E-state index < -0.39 is 23.7 Å². The Balaban J connectivity index is 0.00000361. The summed E-state index contributed by atoms with van der Waals surface area (Å²) in [6.07, 6.45) is 1.99. The summed E-state index contributed by atoms with van der Waals surface area (Å²) in [5, 5.41) is 0. The Morgan fingerprint density at radius 2 is 1.50 bits per heavy atom. The normalized spacial score (nSPS) is 17.8. The molecule has 3 aromatic rings. The summed E-state index contributed by atoms with van der Waals surface area (Å²) < 4.78 is 76.6. The van der Waals surface area contributed by atoms with Gasteiger partial charge in [-0.1, -0.05) is 51.5 Å². The van der Waals surface area contributed by atoms with E-state index in [-0.39, 0.29) is 30.1 Å². The molecule has 1 aliphatic rings. The van der Waals surface area contributed by atoms with Gasteiger partial charge < -0.3 is 9.47 Å². The van der Waals surface area contributed by atoms with Crippen LogP contribution in [0.25, 0.3) is 11.1 Å². The fourth-order valence-electron chi connectivity index (χ4n) is 4.83. The van der Waals surface area contributed by atoms with E-state index in [4.69, 9.17) is 4.74 Å². The molecule has 1 saturated carbocycles. The second-order valence-electron chi connectivity index (χ2n) is 8.98. The Bertz CT molecular complexity index is 1130. The molecule has 0 unspecified atom stereocenters. The van der Waals surface area contributed by atoms with Gasteiger partial charge in [-0.15, -0.1) is 13.2 Å². The highest BCUT2D eigenvalue weighted by Crippen LogP contribution is 2.40. The predicted molar refractivity (Wildman–Crippen MR) is 131 cm³/mol. The third-order valence-electron chi connectivity index (χ3n) is 6.55. The van der Waals surface area contributed by atoms with Gasteiger partial charge in [-0.3, -0.25) is 0 Å². The van der Waals surface area contributed by atoms with Crippen molar-refractivity contribution in [3.8, 4) is 28.4 Å². The first-order valence-corrected chi connectivity index (χ1v) is 11.9. The van der Waals surface area contributed by atoms with Crippen LogP contribution in [0.5, 0.6) is 17.2 Å². The van der Waals surface area contributed by atoms with Gasteiger partial charge in [-0.2, -0.15) is 0 Å². The molecular formula is C29H31F5O2. The van der Waals surface area contributed by atoms with E-state index in [1.54, 1.807) is 6.07 Å².